The Bertz CT molecular complexity index is 592. The number of aryl methyl sites for hydroxylation is 1. The Balaban J connectivity index is 2.25. The summed E-state index contributed by atoms with van der Waals surface area (Å²) in [6.45, 7) is 13.2. The Morgan fingerprint density at radius 2 is 1.81 bits per heavy atom. The van der Waals surface area contributed by atoms with Crippen LogP contribution in [-0.4, -0.2) is 60.5 Å². The predicted molar refractivity (Wildman–Crippen MR) is 113 cm³/mol. The van der Waals surface area contributed by atoms with Crippen molar-refractivity contribution in [1.82, 2.24) is 20.5 Å². The van der Waals surface area contributed by atoms with Gasteiger partial charge in [-0.15, -0.1) is 0 Å². The quantitative estimate of drug-likeness (QED) is 0.332. The first-order valence-corrected chi connectivity index (χ1v) is 9.77. The van der Waals surface area contributed by atoms with Crippen LogP contribution in [0.15, 0.2) is 23.2 Å². The molecule has 1 aromatic rings. The number of pyridine rings is 1. The lowest BCUT2D eigenvalue weighted by Crippen LogP contribution is -2.41. The van der Waals surface area contributed by atoms with Crippen LogP contribution in [0.3, 0.4) is 0 Å². The molecule has 0 spiro atoms. The fourth-order valence-corrected chi connectivity index (χ4v) is 2.91. The molecule has 0 aliphatic heterocycles. The van der Waals surface area contributed by atoms with Gasteiger partial charge < -0.3 is 16.0 Å². The zero-order valence-electron chi connectivity index (χ0n) is 17.7. The van der Waals surface area contributed by atoms with E-state index in [1.807, 2.05) is 19.1 Å². The van der Waals surface area contributed by atoms with E-state index in [-0.39, 0.29) is 5.91 Å². The van der Waals surface area contributed by atoms with E-state index in [4.69, 9.17) is 0 Å². The minimum absolute atomic E-state index is 0.0689. The Labute approximate surface area is 164 Å². The van der Waals surface area contributed by atoms with Gasteiger partial charge in [0.25, 0.3) is 0 Å². The van der Waals surface area contributed by atoms with E-state index in [2.05, 4.69) is 58.5 Å². The molecule has 1 rings (SSSR count). The van der Waals surface area contributed by atoms with Crippen molar-refractivity contribution < 1.29 is 4.79 Å². The molecule has 7 nitrogen and oxygen atoms in total. The third kappa shape index (κ3) is 9.38. The van der Waals surface area contributed by atoms with Crippen LogP contribution in [0.1, 0.15) is 46.2 Å². The van der Waals surface area contributed by atoms with E-state index in [1.165, 1.54) is 0 Å². The van der Waals surface area contributed by atoms with E-state index in [0.29, 0.717) is 30.9 Å². The number of rotatable bonds is 10. The lowest BCUT2D eigenvalue weighted by Gasteiger charge is -2.30. The highest BCUT2D eigenvalue weighted by atomic mass is 16.1. The van der Waals surface area contributed by atoms with E-state index < -0.39 is 0 Å². The molecule has 1 amide bonds. The number of aromatic nitrogens is 1. The third-order valence-corrected chi connectivity index (χ3v) is 4.24. The van der Waals surface area contributed by atoms with Gasteiger partial charge in [0.2, 0.25) is 5.91 Å². The summed E-state index contributed by atoms with van der Waals surface area (Å²) in [5.74, 6) is 1.24. The van der Waals surface area contributed by atoms with Crippen LogP contribution >= 0.6 is 0 Å². The number of amides is 1. The van der Waals surface area contributed by atoms with Crippen LogP contribution in [0.5, 0.6) is 0 Å². The monoisotopic (exact) mass is 376 g/mol. The van der Waals surface area contributed by atoms with Crippen LogP contribution in [0.2, 0.25) is 0 Å². The van der Waals surface area contributed by atoms with Gasteiger partial charge in [-0.2, -0.15) is 0 Å². The molecule has 7 heteroatoms. The molecule has 0 atom stereocenters. The Morgan fingerprint density at radius 3 is 2.41 bits per heavy atom. The average molecular weight is 377 g/mol. The lowest BCUT2D eigenvalue weighted by molar-refractivity contribution is -0.116. The highest BCUT2D eigenvalue weighted by molar-refractivity contribution is 5.90. The molecule has 1 heterocycles. The van der Waals surface area contributed by atoms with Gasteiger partial charge in [-0.1, -0.05) is 6.07 Å². The number of guanidine groups is 1. The lowest BCUT2D eigenvalue weighted by atomic mass is 10.2. The molecule has 152 valence electrons. The first kappa shape index (κ1) is 22.9. The first-order valence-electron chi connectivity index (χ1n) is 9.77. The van der Waals surface area contributed by atoms with E-state index in [1.54, 1.807) is 13.1 Å². The van der Waals surface area contributed by atoms with Gasteiger partial charge in [-0.3, -0.25) is 14.7 Å². The first-order chi connectivity index (χ1) is 12.8. The Morgan fingerprint density at radius 1 is 1.15 bits per heavy atom. The van der Waals surface area contributed by atoms with E-state index in [9.17, 15) is 4.79 Å². The van der Waals surface area contributed by atoms with Crippen molar-refractivity contribution in [3.05, 3.63) is 23.9 Å². The average Bonchev–Trinajstić information content (AvgIpc) is 2.59. The summed E-state index contributed by atoms with van der Waals surface area (Å²) in [5.41, 5.74) is 0.879. The number of nitrogens with zero attached hydrogens (tertiary/aromatic N) is 3. The van der Waals surface area contributed by atoms with Crippen molar-refractivity contribution in [1.29, 1.82) is 0 Å². The number of anilines is 1. The van der Waals surface area contributed by atoms with Gasteiger partial charge in [0.05, 0.1) is 0 Å². The molecular weight excluding hydrogens is 340 g/mol. The smallest absolute Gasteiger partial charge is 0.227 e. The van der Waals surface area contributed by atoms with Crippen molar-refractivity contribution in [3.63, 3.8) is 0 Å². The van der Waals surface area contributed by atoms with Gasteiger partial charge in [-0.05, 0) is 53.2 Å². The largest absolute Gasteiger partial charge is 0.356 e. The minimum atomic E-state index is -0.0689. The molecule has 27 heavy (non-hydrogen) atoms. The number of aliphatic imine (C=N–C) groups is 1. The third-order valence-electron chi connectivity index (χ3n) is 4.24. The normalized spacial score (nSPS) is 12.0. The van der Waals surface area contributed by atoms with Crippen molar-refractivity contribution in [2.75, 3.05) is 32.0 Å². The van der Waals surface area contributed by atoms with Crippen LogP contribution in [-0.2, 0) is 4.79 Å². The van der Waals surface area contributed by atoms with Crippen molar-refractivity contribution in [2.45, 2.75) is 59.5 Å². The second-order valence-electron chi connectivity index (χ2n) is 7.17. The highest BCUT2D eigenvalue weighted by Gasteiger charge is 2.12. The van der Waals surface area contributed by atoms with Crippen LogP contribution in [0, 0.1) is 6.92 Å². The second-order valence-corrected chi connectivity index (χ2v) is 7.17. The maximum atomic E-state index is 12.0. The van der Waals surface area contributed by atoms with Gasteiger partial charge in [0.15, 0.2) is 5.96 Å². The standard InChI is InChI=1S/C20H36N6O/c1-15(2)26(16(3)4)14-8-12-22-20(21-6)23-13-11-19(27)25-18-10-7-9-17(5)24-18/h7,9-10,15-16H,8,11-14H2,1-6H3,(H2,21,22,23)(H,24,25,27). The SMILES string of the molecule is CN=C(NCCCN(C(C)C)C(C)C)NCCC(=O)Nc1cccc(C)n1. The molecule has 0 unspecified atom stereocenters. The van der Waals surface area contributed by atoms with Crippen molar-refractivity contribution in [3.8, 4) is 0 Å². The fraction of sp³-hybridized carbons (Fsp3) is 0.650. The maximum absolute atomic E-state index is 12.0. The number of nitrogens with one attached hydrogen (secondary N) is 3. The second kappa shape index (κ2) is 12.3. The highest BCUT2D eigenvalue weighted by Crippen LogP contribution is 2.05. The minimum Gasteiger partial charge on any atom is -0.356 e. The van der Waals surface area contributed by atoms with Gasteiger partial charge in [0.1, 0.15) is 5.82 Å². The summed E-state index contributed by atoms with van der Waals surface area (Å²) in [4.78, 5) is 22.9. The molecule has 1 aromatic heterocycles. The molecule has 0 saturated heterocycles. The van der Waals surface area contributed by atoms with E-state index in [0.717, 1.165) is 31.2 Å². The summed E-state index contributed by atoms with van der Waals surface area (Å²) in [7, 11) is 1.74. The van der Waals surface area contributed by atoms with Crippen molar-refractivity contribution in [2.24, 2.45) is 4.99 Å². The molecule has 0 aliphatic carbocycles. The molecule has 0 fully saturated rings. The van der Waals surface area contributed by atoms with Crippen LogP contribution < -0.4 is 16.0 Å². The number of carbonyl (C=O) groups is 1. The molecule has 0 bridgehead atoms. The topological polar surface area (TPSA) is 81.7 Å². The number of hydrogen-bond donors (Lipinski definition) is 3. The number of carbonyl (C=O) groups excluding carboxylic acids is 1. The molecule has 0 radical (unpaired) electrons. The number of hydrogen-bond acceptors (Lipinski definition) is 4. The predicted octanol–water partition coefficient (Wildman–Crippen LogP) is 2.39. The van der Waals surface area contributed by atoms with E-state index >= 15 is 0 Å². The zero-order valence-corrected chi connectivity index (χ0v) is 17.7. The van der Waals surface area contributed by atoms with Gasteiger partial charge >= 0.3 is 0 Å². The Hall–Kier alpha value is -2.15. The molecule has 0 aliphatic rings. The van der Waals surface area contributed by atoms with Crippen molar-refractivity contribution >= 4 is 17.7 Å². The van der Waals surface area contributed by atoms with Crippen LogP contribution in [0.25, 0.3) is 0 Å². The molecular formula is C20H36N6O. The summed E-state index contributed by atoms with van der Waals surface area (Å²) in [5, 5.41) is 9.28. The maximum Gasteiger partial charge on any atom is 0.227 e. The summed E-state index contributed by atoms with van der Waals surface area (Å²) in [6, 6.07) is 6.65. The summed E-state index contributed by atoms with van der Waals surface area (Å²) >= 11 is 0. The fourth-order valence-electron chi connectivity index (χ4n) is 2.91. The summed E-state index contributed by atoms with van der Waals surface area (Å²) in [6.07, 6.45) is 1.39. The van der Waals surface area contributed by atoms with Crippen LogP contribution in [0.4, 0.5) is 5.82 Å². The van der Waals surface area contributed by atoms with Gasteiger partial charge in [-0.25, -0.2) is 4.98 Å². The molecule has 0 aromatic carbocycles. The summed E-state index contributed by atoms with van der Waals surface area (Å²) < 4.78 is 0. The molecule has 0 saturated carbocycles. The zero-order chi connectivity index (χ0) is 20.2. The Kier molecular flexibility index (Phi) is 10.4. The molecule has 3 N–H and O–H groups in total. The van der Waals surface area contributed by atoms with Gasteiger partial charge in [0, 0.05) is 50.9 Å².